The van der Waals surface area contributed by atoms with Gasteiger partial charge in [-0.25, -0.2) is 0 Å². The summed E-state index contributed by atoms with van der Waals surface area (Å²) in [4.78, 5) is 0. The molecule has 4 nitrogen and oxygen atoms in total. The van der Waals surface area contributed by atoms with Crippen molar-refractivity contribution in [1.29, 1.82) is 0 Å². The van der Waals surface area contributed by atoms with Gasteiger partial charge in [-0.3, -0.25) is 0 Å². The summed E-state index contributed by atoms with van der Waals surface area (Å²) in [5.74, 6) is -0.315. The second kappa shape index (κ2) is 9.78. The second-order valence-corrected chi connectivity index (χ2v) is 6.57. The molecule has 2 aliphatic rings. The van der Waals surface area contributed by atoms with Crippen LogP contribution in [0.25, 0.3) is 0 Å². The minimum absolute atomic E-state index is 0.143. The summed E-state index contributed by atoms with van der Waals surface area (Å²) in [5, 5.41) is 12.0. The van der Waals surface area contributed by atoms with Crippen LogP contribution in [0.15, 0.2) is 0 Å². The standard InChI is InChI=1S/C17H33NO3/c19-13-12-18-14-16-15-20-17(21-16)10-8-6-4-2-1-3-5-7-9-11-17/h16,18-19H,1-15H2/t16-/m0/s1. The average Bonchev–Trinajstić information content (AvgIpc) is 2.87. The highest BCUT2D eigenvalue weighted by Gasteiger charge is 2.40. The third-order valence-electron chi connectivity index (χ3n) is 4.69. The van der Waals surface area contributed by atoms with E-state index in [1.54, 1.807) is 0 Å². The van der Waals surface area contributed by atoms with Gasteiger partial charge in [0.2, 0.25) is 0 Å². The first kappa shape index (κ1) is 17.2. The van der Waals surface area contributed by atoms with Crippen molar-refractivity contribution in [1.82, 2.24) is 5.32 Å². The third kappa shape index (κ3) is 6.23. The number of ether oxygens (including phenoxy) is 2. The Morgan fingerprint density at radius 1 is 0.905 bits per heavy atom. The zero-order chi connectivity index (χ0) is 14.8. The molecule has 1 atom stereocenters. The third-order valence-corrected chi connectivity index (χ3v) is 4.69. The Morgan fingerprint density at radius 2 is 1.48 bits per heavy atom. The first-order valence-electron chi connectivity index (χ1n) is 8.98. The van der Waals surface area contributed by atoms with Crippen molar-refractivity contribution in [2.75, 3.05) is 26.3 Å². The molecule has 1 saturated carbocycles. The smallest absolute Gasteiger partial charge is 0.168 e. The van der Waals surface area contributed by atoms with Crippen molar-refractivity contribution in [3.8, 4) is 0 Å². The van der Waals surface area contributed by atoms with Gasteiger partial charge in [-0.1, -0.05) is 44.9 Å². The minimum atomic E-state index is -0.315. The summed E-state index contributed by atoms with van der Waals surface area (Å²) >= 11 is 0. The molecule has 0 amide bonds. The summed E-state index contributed by atoms with van der Waals surface area (Å²) in [6.07, 6.45) is 14.2. The number of hydrogen-bond donors (Lipinski definition) is 2. The Balaban J connectivity index is 1.79. The average molecular weight is 299 g/mol. The highest BCUT2D eigenvalue weighted by Crippen LogP contribution is 2.34. The van der Waals surface area contributed by atoms with Crippen LogP contribution in [0.3, 0.4) is 0 Å². The van der Waals surface area contributed by atoms with Gasteiger partial charge in [0, 0.05) is 25.9 Å². The molecule has 0 unspecified atom stereocenters. The van der Waals surface area contributed by atoms with E-state index >= 15 is 0 Å². The van der Waals surface area contributed by atoms with Crippen LogP contribution in [0, 0.1) is 0 Å². The number of hydrogen-bond acceptors (Lipinski definition) is 4. The first-order chi connectivity index (χ1) is 10.3. The maximum Gasteiger partial charge on any atom is 0.168 e. The fourth-order valence-corrected chi connectivity index (χ4v) is 3.47. The van der Waals surface area contributed by atoms with E-state index in [0.29, 0.717) is 13.2 Å². The molecule has 1 saturated heterocycles. The van der Waals surface area contributed by atoms with Crippen LogP contribution in [-0.4, -0.2) is 43.3 Å². The molecule has 0 radical (unpaired) electrons. The molecule has 1 aliphatic carbocycles. The number of aliphatic hydroxyl groups is 1. The van der Waals surface area contributed by atoms with Crippen LogP contribution >= 0.6 is 0 Å². The molecule has 0 aromatic carbocycles. The Labute approximate surface area is 129 Å². The van der Waals surface area contributed by atoms with Gasteiger partial charge in [0.1, 0.15) is 0 Å². The van der Waals surface area contributed by atoms with Gasteiger partial charge in [-0.15, -0.1) is 0 Å². The second-order valence-electron chi connectivity index (χ2n) is 6.57. The van der Waals surface area contributed by atoms with Gasteiger partial charge in [-0.2, -0.15) is 0 Å². The van der Waals surface area contributed by atoms with Crippen LogP contribution in [0.5, 0.6) is 0 Å². The SMILES string of the molecule is OCCNC[C@H]1COC2(CCCCCCCCCCC2)O1. The summed E-state index contributed by atoms with van der Waals surface area (Å²) in [5.41, 5.74) is 0. The van der Waals surface area contributed by atoms with Crippen molar-refractivity contribution in [3.05, 3.63) is 0 Å². The lowest BCUT2D eigenvalue weighted by molar-refractivity contribution is -0.179. The Hall–Kier alpha value is -0.160. The van der Waals surface area contributed by atoms with Gasteiger partial charge in [-0.05, 0) is 12.8 Å². The quantitative estimate of drug-likeness (QED) is 0.784. The molecule has 2 N–H and O–H groups in total. The molecule has 1 heterocycles. The molecule has 0 bridgehead atoms. The molecule has 1 spiro atoms. The number of nitrogens with one attached hydrogen (secondary N) is 1. The molecule has 21 heavy (non-hydrogen) atoms. The van der Waals surface area contributed by atoms with Crippen LogP contribution < -0.4 is 5.32 Å². The van der Waals surface area contributed by atoms with Crippen LogP contribution in [0.4, 0.5) is 0 Å². The van der Waals surface area contributed by atoms with Gasteiger partial charge >= 0.3 is 0 Å². The molecule has 2 rings (SSSR count). The summed E-state index contributed by atoms with van der Waals surface area (Å²) < 4.78 is 12.4. The minimum Gasteiger partial charge on any atom is -0.395 e. The Bertz CT molecular complexity index is 261. The van der Waals surface area contributed by atoms with Crippen LogP contribution in [-0.2, 0) is 9.47 Å². The predicted octanol–water partition coefficient (Wildman–Crippen LogP) is 2.98. The first-order valence-corrected chi connectivity index (χ1v) is 8.98. The zero-order valence-corrected chi connectivity index (χ0v) is 13.4. The van der Waals surface area contributed by atoms with Gasteiger partial charge in [0.15, 0.2) is 5.79 Å². The highest BCUT2D eigenvalue weighted by molar-refractivity contribution is 4.81. The topological polar surface area (TPSA) is 50.7 Å². The van der Waals surface area contributed by atoms with Gasteiger partial charge in [0.05, 0.1) is 19.3 Å². The van der Waals surface area contributed by atoms with E-state index in [4.69, 9.17) is 14.6 Å². The van der Waals surface area contributed by atoms with E-state index in [9.17, 15) is 0 Å². The molecule has 0 aromatic rings. The van der Waals surface area contributed by atoms with E-state index < -0.39 is 0 Å². The lowest BCUT2D eigenvalue weighted by Gasteiger charge is -2.29. The van der Waals surface area contributed by atoms with Crippen LogP contribution in [0.2, 0.25) is 0 Å². The predicted molar refractivity (Wildman–Crippen MR) is 84.3 cm³/mol. The van der Waals surface area contributed by atoms with Crippen molar-refractivity contribution in [2.24, 2.45) is 0 Å². The van der Waals surface area contributed by atoms with E-state index in [2.05, 4.69) is 5.32 Å². The van der Waals surface area contributed by atoms with Gasteiger partial charge in [0.25, 0.3) is 0 Å². The maximum atomic E-state index is 8.82. The van der Waals surface area contributed by atoms with E-state index in [0.717, 1.165) is 19.4 Å². The molecule has 2 fully saturated rings. The fourth-order valence-electron chi connectivity index (χ4n) is 3.47. The van der Waals surface area contributed by atoms with Gasteiger partial charge < -0.3 is 19.9 Å². The summed E-state index contributed by atoms with van der Waals surface area (Å²) in [6, 6.07) is 0. The van der Waals surface area contributed by atoms with E-state index in [1.807, 2.05) is 0 Å². The zero-order valence-electron chi connectivity index (χ0n) is 13.4. The van der Waals surface area contributed by atoms with E-state index in [1.165, 1.54) is 57.8 Å². The monoisotopic (exact) mass is 299 g/mol. The number of rotatable bonds is 4. The number of aliphatic hydroxyl groups excluding tert-OH is 1. The fraction of sp³-hybridized carbons (Fsp3) is 1.00. The van der Waals surface area contributed by atoms with Crippen molar-refractivity contribution < 1.29 is 14.6 Å². The van der Waals surface area contributed by atoms with Crippen molar-refractivity contribution in [2.45, 2.75) is 82.5 Å². The lowest BCUT2D eigenvalue weighted by atomic mass is 9.97. The summed E-state index contributed by atoms with van der Waals surface area (Å²) in [7, 11) is 0. The van der Waals surface area contributed by atoms with E-state index in [-0.39, 0.29) is 18.5 Å². The molecule has 4 heteroatoms. The Morgan fingerprint density at radius 3 is 2.05 bits per heavy atom. The Kier molecular flexibility index (Phi) is 8.01. The van der Waals surface area contributed by atoms with Crippen LogP contribution in [0.1, 0.15) is 70.6 Å². The molecule has 124 valence electrons. The molecule has 0 aromatic heterocycles. The largest absolute Gasteiger partial charge is 0.395 e. The maximum absolute atomic E-state index is 8.82. The molecular formula is C17H33NO3. The highest BCUT2D eigenvalue weighted by atomic mass is 16.7. The normalized spacial score (nSPS) is 28.1. The summed E-state index contributed by atoms with van der Waals surface area (Å²) in [6.45, 7) is 2.28. The lowest BCUT2D eigenvalue weighted by Crippen LogP contribution is -2.35. The molecular weight excluding hydrogens is 266 g/mol. The molecule has 1 aliphatic heterocycles. The van der Waals surface area contributed by atoms with Crippen molar-refractivity contribution in [3.63, 3.8) is 0 Å². The van der Waals surface area contributed by atoms with Crippen molar-refractivity contribution >= 4 is 0 Å².